The normalized spacial score (nSPS) is 11.2. The zero-order valence-electron chi connectivity index (χ0n) is 10.8. The van der Waals surface area contributed by atoms with Crippen LogP contribution in [0.15, 0.2) is 21.7 Å². The second-order valence-corrected chi connectivity index (χ2v) is 7.68. The van der Waals surface area contributed by atoms with Gasteiger partial charge in [0.25, 0.3) is 5.91 Å². The van der Waals surface area contributed by atoms with Crippen LogP contribution in [-0.2, 0) is 0 Å². The van der Waals surface area contributed by atoms with E-state index in [1.165, 1.54) is 4.88 Å². The third-order valence-electron chi connectivity index (χ3n) is 2.52. The Morgan fingerprint density at radius 1 is 1.26 bits per heavy atom. The number of thiophene rings is 2. The molecule has 0 saturated heterocycles. The summed E-state index contributed by atoms with van der Waals surface area (Å²) in [7, 11) is 0. The van der Waals surface area contributed by atoms with Gasteiger partial charge in [-0.3, -0.25) is 4.79 Å². The Morgan fingerprint density at radius 3 is 2.53 bits per heavy atom. The van der Waals surface area contributed by atoms with Gasteiger partial charge in [-0.15, -0.1) is 22.7 Å². The molecule has 0 atom stereocenters. The lowest BCUT2D eigenvalue weighted by atomic mass is 10.2. The molecule has 0 saturated carbocycles. The summed E-state index contributed by atoms with van der Waals surface area (Å²) in [6.07, 6.45) is 1.66. The van der Waals surface area contributed by atoms with Gasteiger partial charge in [0, 0.05) is 24.0 Å². The second kappa shape index (κ2) is 5.98. The van der Waals surface area contributed by atoms with Gasteiger partial charge >= 0.3 is 0 Å². The number of rotatable bonds is 3. The smallest absolute Gasteiger partial charge is 0.267 e. The SMILES string of the molecule is Cc1cc(C(=O)NN=Cc2cc(Br)c(C)s2)c(C)s1. The molecule has 2 aromatic heterocycles. The van der Waals surface area contributed by atoms with Crippen molar-refractivity contribution in [3.63, 3.8) is 0 Å². The Bertz CT molecular complexity index is 624. The summed E-state index contributed by atoms with van der Waals surface area (Å²) in [6, 6.07) is 3.87. The molecule has 1 amide bonds. The highest BCUT2D eigenvalue weighted by Gasteiger charge is 2.10. The molecule has 0 aliphatic heterocycles. The van der Waals surface area contributed by atoms with Gasteiger partial charge in [-0.2, -0.15) is 5.10 Å². The van der Waals surface area contributed by atoms with Crippen LogP contribution in [0.2, 0.25) is 0 Å². The van der Waals surface area contributed by atoms with E-state index in [1.54, 1.807) is 28.9 Å². The summed E-state index contributed by atoms with van der Waals surface area (Å²) in [5, 5.41) is 3.99. The van der Waals surface area contributed by atoms with Crippen molar-refractivity contribution in [3.8, 4) is 0 Å². The van der Waals surface area contributed by atoms with Gasteiger partial charge in [0.15, 0.2) is 0 Å². The maximum Gasteiger partial charge on any atom is 0.272 e. The number of amides is 1. The van der Waals surface area contributed by atoms with Crippen molar-refractivity contribution in [2.75, 3.05) is 0 Å². The van der Waals surface area contributed by atoms with Crippen LogP contribution >= 0.6 is 38.6 Å². The van der Waals surface area contributed by atoms with Crippen LogP contribution in [0.5, 0.6) is 0 Å². The van der Waals surface area contributed by atoms with Gasteiger partial charge in [0.1, 0.15) is 0 Å². The summed E-state index contributed by atoms with van der Waals surface area (Å²) in [4.78, 5) is 16.3. The van der Waals surface area contributed by atoms with E-state index in [4.69, 9.17) is 0 Å². The minimum atomic E-state index is -0.162. The van der Waals surface area contributed by atoms with Crippen LogP contribution in [0.4, 0.5) is 0 Å². The first-order chi connectivity index (χ1) is 8.97. The number of hydrazone groups is 1. The lowest BCUT2D eigenvalue weighted by Crippen LogP contribution is -2.17. The first-order valence-electron chi connectivity index (χ1n) is 5.63. The van der Waals surface area contributed by atoms with E-state index >= 15 is 0 Å². The average Bonchev–Trinajstić information content (AvgIpc) is 2.82. The van der Waals surface area contributed by atoms with E-state index in [-0.39, 0.29) is 5.91 Å². The summed E-state index contributed by atoms with van der Waals surface area (Å²) in [5.41, 5.74) is 3.26. The second-order valence-electron chi connectivity index (χ2n) is 4.08. The topological polar surface area (TPSA) is 41.5 Å². The largest absolute Gasteiger partial charge is 0.272 e. The van der Waals surface area contributed by atoms with Crippen LogP contribution < -0.4 is 5.43 Å². The fourth-order valence-corrected chi connectivity index (χ4v) is 3.97. The van der Waals surface area contributed by atoms with Gasteiger partial charge < -0.3 is 0 Å². The van der Waals surface area contributed by atoms with E-state index in [0.29, 0.717) is 5.56 Å². The Balaban J connectivity index is 2.02. The third kappa shape index (κ3) is 3.52. The van der Waals surface area contributed by atoms with E-state index in [9.17, 15) is 4.79 Å². The molecule has 2 aromatic rings. The molecule has 0 spiro atoms. The van der Waals surface area contributed by atoms with Gasteiger partial charge in [-0.25, -0.2) is 5.43 Å². The number of hydrogen-bond donors (Lipinski definition) is 1. The quantitative estimate of drug-likeness (QED) is 0.647. The molecule has 2 rings (SSSR count). The summed E-state index contributed by atoms with van der Waals surface area (Å²) >= 11 is 6.69. The van der Waals surface area contributed by atoms with Crippen molar-refractivity contribution in [2.45, 2.75) is 20.8 Å². The average molecular weight is 357 g/mol. The van der Waals surface area contributed by atoms with Gasteiger partial charge in [0.2, 0.25) is 0 Å². The number of nitrogens with zero attached hydrogens (tertiary/aromatic N) is 1. The molecule has 0 bridgehead atoms. The molecule has 0 aromatic carbocycles. The van der Waals surface area contributed by atoms with Crippen molar-refractivity contribution < 1.29 is 4.79 Å². The highest BCUT2D eigenvalue weighted by atomic mass is 79.9. The van der Waals surface area contributed by atoms with Crippen LogP contribution in [-0.4, -0.2) is 12.1 Å². The van der Waals surface area contributed by atoms with Crippen molar-refractivity contribution in [3.05, 3.63) is 41.7 Å². The molecule has 1 N–H and O–H groups in total. The number of carbonyl (C=O) groups excluding carboxylic acids is 1. The highest BCUT2D eigenvalue weighted by molar-refractivity contribution is 9.10. The number of aryl methyl sites for hydroxylation is 3. The number of nitrogens with one attached hydrogen (secondary N) is 1. The monoisotopic (exact) mass is 356 g/mol. The first kappa shape index (κ1) is 14.4. The molecule has 3 nitrogen and oxygen atoms in total. The fraction of sp³-hybridized carbons (Fsp3) is 0.231. The van der Waals surface area contributed by atoms with Crippen LogP contribution in [0.25, 0.3) is 0 Å². The molecule has 6 heteroatoms. The number of carbonyl (C=O) groups is 1. The van der Waals surface area contributed by atoms with E-state index in [0.717, 1.165) is 19.1 Å². The lowest BCUT2D eigenvalue weighted by Gasteiger charge is -1.97. The van der Waals surface area contributed by atoms with Crippen LogP contribution in [0, 0.1) is 20.8 Å². The minimum Gasteiger partial charge on any atom is -0.267 e. The van der Waals surface area contributed by atoms with E-state index in [2.05, 4.69) is 26.5 Å². The molecule has 19 heavy (non-hydrogen) atoms. The summed E-state index contributed by atoms with van der Waals surface area (Å²) in [6.45, 7) is 5.96. The zero-order chi connectivity index (χ0) is 14.0. The lowest BCUT2D eigenvalue weighted by molar-refractivity contribution is 0.0955. The van der Waals surface area contributed by atoms with Gasteiger partial charge in [-0.1, -0.05) is 0 Å². The summed E-state index contributed by atoms with van der Waals surface area (Å²) in [5.74, 6) is -0.162. The predicted molar refractivity (Wildman–Crippen MR) is 85.6 cm³/mol. The summed E-state index contributed by atoms with van der Waals surface area (Å²) < 4.78 is 1.06. The minimum absolute atomic E-state index is 0.162. The van der Waals surface area contributed by atoms with E-state index < -0.39 is 0 Å². The van der Waals surface area contributed by atoms with Crippen LogP contribution in [0.3, 0.4) is 0 Å². The Morgan fingerprint density at radius 2 is 2.00 bits per heavy atom. The number of hydrogen-bond acceptors (Lipinski definition) is 4. The molecule has 0 fully saturated rings. The Hall–Kier alpha value is -0.980. The molecule has 0 radical (unpaired) electrons. The predicted octanol–water partition coefficient (Wildman–Crippen LogP) is 4.26. The van der Waals surface area contributed by atoms with Crippen molar-refractivity contribution >= 4 is 50.7 Å². The molecule has 0 aliphatic rings. The van der Waals surface area contributed by atoms with Gasteiger partial charge in [-0.05, 0) is 48.8 Å². The molecule has 0 unspecified atom stereocenters. The molecule has 100 valence electrons. The maximum absolute atomic E-state index is 11.9. The van der Waals surface area contributed by atoms with Crippen molar-refractivity contribution in [1.82, 2.24) is 5.43 Å². The molecular formula is C13H13BrN2OS2. The number of halogens is 1. The van der Waals surface area contributed by atoms with Crippen molar-refractivity contribution in [2.24, 2.45) is 5.10 Å². The Labute approximate surface area is 128 Å². The molecule has 2 heterocycles. The van der Waals surface area contributed by atoms with Gasteiger partial charge in [0.05, 0.1) is 11.8 Å². The first-order valence-corrected chi connectivity index (χ1v) is 8.06. The molecular weight excluding hydrogens is 344 g/mol. The Kier molecular flexibility index (Phi) is 4.54. The van der Waals surface area contributed by atoms with E-state index in [1.807, 2.05) is 32.9 Å². The fourth-order valence-electron chi connectivity index (χ4n) is 1.62. The zero-order valence-corrected chi connectivity index (χ0v) is 14.0. The van der Waals surface area contributed by atoms with Crippen LogP contribution in [0.1, 0.15) is 29.9 Å². The maximum atomic E-state index is 11.9. The van der Waals surface area contributed by atoms with Crippen molar-refractivity contribution in [1.29, 1.82) is 0 Å². The molecule has 0 aliphatic carbocycles. The standard InChI is InChI=1S/C13H13BrN2OS2/c1-7-4-11(8(2)18-7)13(17)16-15-6-10-5-12(14)9(3)19-10/h4-6H,1-3H3,(H,16,17). The highest BCUT2D eigenvalue weighted by Crippen LogP contribution is 2.25. The third-order valence-corrected chi connectivity index (χ3v) is 5.56.